The first-order valence-electron chi connectivity index (χ1n) is 5.32. The van der Waals surface area contributed by atoms with Gasteiger partial charge in [0.1, 0.15) is 6.61 Å². The molecule has 92 valence electrons. The molecule has 0 saturated heterocycles. The SMILES string of the molecule is CCn1cc(OCCS(=O)(=O)C(C)C)cn1. The Hall–Kier alpha value is -1.04. The van der Waals surface area contributed by atoms with Gasteiger partial charge in [0.25, 0.3) is 0 Å². The van der Waals surface area contributed by atoms with Crippen molar-refractivity contribution in [3.8, 4) is 5.75 Å². The summed E-state index contributed by atoms with van der Waals surface area (Å²) in [4.78, 5) is 0. The van der Waals surface area contributed by atoms with E-state index in [1.165, 1.54) is 0 Å². The Labute approximate surface area is 96.3 Å². The van der Waals surface area contributed by atoms with Crippen LogP contribution >= 0.6 is 0 Å². The van der Waals surface area contributed by atoms with Crippen LogP contribution in [0.3, 0.4) is 0 Å². The molecule has 0 spiro atoms. The van der Waals surface area contributed by atoms with Crippen LogP contribution in [0.25, 0.3) is 0 Å². The molecular formula is C10H18N2O3S. The van der Waals surface area contributed by atoms with Crippen molar-refractivity contribution in [3.05, 3.63) is 12.4 Å². The number of aryl methyl sites for hydroxylation is 1. The lowest BCUT2D eigenvalue weighted by atomic mass is 10.6. The van der Waals surface area contributed by atoms with Crippen molar-refractivity contribution < 1.29 is 13.2 Å². The molecule has 5 nitrogen and oxygen atoms in total. The molecule has 0 aromatic carbocycles. The van der Waals surface area contributed by atoms with Crippen molar-refractivity contribution in [1.29, 1.82) is 0 Å². The molecule has 0 fully saturated rings. The van der Waals surface area contributed by atoms with Gasteiger partial charge in [-0.1, -0.05) is 0 Å². The van der Waals surface area contributed by atoms with Crippen molar-refractivity contribution in [2.24, 2.45) is 0 Å². The standard InChI is InChI=1S/C10H18N2O3S/c1-4-12-8-10(7-11-12)15-5-6-16(13,14)9(2)3/h7-9H,4-6H2,1-3H3. The van der Waals surface area contributed by atoms with Crippen LogP contribution in [0.1, 0.15) is 20.8 Å². The molecule has 1 aromatic rings. The smallest absolute Gasteiger partial charge is 0.157 e. The second-order valence-corrected chi connectivity index (χ2v) is 6.47. The fourth-order valence-corrected chi connectivity index (χ4v) is 1.89. The Morgan fingerprint density at radius 2 is 2.19 bits per heavy atom. The van der Waals surface area contributed by atoms with Crippen LogP contribution in [0.4, 0.5) is 0 Å². The summed E-state index contributed by atoms with van der Waals surface area (Å²) in [6, 6.07) is 0. The van der Waals surface area contributed by atoms with E-state index in [9.17, 15) is 8.42 Å². The largest absolute Gasteiger partial charge is 0.489 e. The molecule has 6 heteroatoms. The average molecular weight is 246 g/mol. The van der Waals surface area contributed by atoms with Gasteiger partial charge < -0.3 is 4.74 Å². The van der Waals surface area contributed by atoms with E-state index in [-0.39, 0.29) is 17.6 Å². The van der Waals surface area contributed by atoms with Crippen LogP contribution in [0, 0.1) is 0 Å². The summed E-state index contributed by atoms with van der Waals surface area (Å²) in [6.07, 6.45) is 3.34. The Kier molecular flexibility index (Phi) is 4.35. The first-order valence-corrected chi connectivity index (χ1v) is 7.04. The maximum Gasteiger partial charge on any atom is 0.157 e. The number of sulfone groups is 1. The second kappa shape index (κ2) is 5.34. The number of nitrogens with zero attached hydrogens (tertiary/aromatic N) is 2. The summed E-state index contributed by atoms with van der Waals surface area (Å²) >= 11 is 0. The lowest BCUT2D eigenvalue weighted by Crippen LogP contribution is -2.21. The predicted octanol–water partition coefficient (Wildman–Crippen LogP) is 1.10. The van der Waals surface area contributed by atoms with E-state index >= 15 is 0 Å². The Morgan fingerprint density at radius 1 is 1.50 bits per heavy atom. The highest BCUT2D eigenvalue weighted by Crippen LogP contribution is 2.08. The van der Waals surface area contributed by atoms with Crippen molar-refractivity contribution in [1.82, 2.24) is 9.78 Å². The maximum absolute atomic E-state index is 11.5. The summed E-state index contributed by atoms with van der Waals surface area (Å²) in [5.41, 5.74) is 0. The molecule has 0 aliphatic heterocycles. The van der Waals surface area contributed by atoms with Gasteiger partial charge in [-0.2, -0.15) is 5.10 Å². The highest BCUT2D eigenvalue weighted by molar-refractivity contribution is 7.91. The molecule has 0 radical (unpaired) electrons. The number of ether oxygens (including phenoxy) is 1. The van der Waals surface area contributed by atoms with Gasteiger partial charge in [0, 0.05) is 6.54 Å². The lowest BCUT2D eigenvalue weighted by Gasteiger charge is -2.07. The van der Waals surface area contributed by atoms with E-state index in [1.807, 2.05) is 6.92 Å². The number of aromatic nitrogens is 2. The van der Waals surface area contributed by atoms with Crippen LogP contribution in [-0.2, 0) is 16.4 Å². The Bertz CT molecular complexity index is 423. The van der Waals surface area contributed by atoms with E-state index in [0.717, 1.165) is 6.54 Å². The fourth-order valence-electron chi connectivity index (χ4n) is 1.10. The minimum atomic E-state index is -3.02. The van der Waals surface area contributed by atoms with E-state index < -0.39 is 9.84 Å². The van der Waals surface area contributed by atoms with Crippen LogP contribution in [0.2, 0.25) is 0 Å². The van der Waals surface area contributed by atoms with Gasteiger partial charge in [-0.25, -0.2) is 8.42 Å². The molecule has 16 heavy (non-hydrogen) atoms. The molecule has 0 unspecified atom stereocenters. The van der Waals surface area contributed by atoms with Gasteiger partial charge in [-0.05, 0) is 20.8 Å². The lowest BCUT2D eigenvalue weighted by molar-refractivity contribution is 0.340. The average Bonchev–Trinajstić information content (AvgIpc) is 2.65. The van der Waals surface area contributed by atoms with Crippen molar-refractivity contribution in [2.45, 2.75) is 32.6 Å². The number of hydrogen-bond acceptors (Lipinski definition) is 4. The zero-order chi connectivity index (χ0) is 12.2. The second-order valence-electron chi connectivity index (χ2n) is 3.80. The van der Waals surface area contributed by atoms with Gasteiger partial charge in [0.05, 0.1) is 23.4 Å². The quantitative estimate of drug-likeness (QED) is 0.754. The predicted molar refractivity (Wildman–Crippen MR) is 62.3 cm³/mol. The van der Waals surface area contributed by atoms with Gasteiger partial charge in [-0.3, -0.25) is 4.68 Å². The van der Waals surface area contributed by atoms with Gasteiger partial charge in [0.15, 0.2) is 15.6 Å². The number of rotatable bonds is 6. The normalized spacial score (nSPS) is 12.0. The molecule has 0 aliphatic carbocycles. The molecular weight excluding hydrogens is 228 g/mol. The minimum absolute atomic E-state index is 0.0436. The third-order valence-electron chi connectivity index (χ3n) is 2.29. The zero-order valence-corrected chi connectivity index (χ0v) is 10.7. The zero-order valence-electron chi connectivity index (χ0n) is 9.88. The Balaban J connectivity index is 2.42. The summed E-state index contributed by atoms with van der Waals surface area (Å²) in [7, 11) is -3.02. The summed E-state index contributed by atoms with van der Waals surface area (Å²) in [6.45, 7) is 6.26. The minimum Gasteiger partial charge on any atom is -0.489 e. The molecule has 1 heterocycles. The molecule has 0 atom stereocenters. The van der Waals surface area contributed by atoms with Crippen molar-refractivity contribution in [3.63, 3.8) is 0 Å². The highest BCUT2D eigenvalue weighted by atomic mass is 32.2. The molecule has 0 aliphatic rings. The van der Waals surface area contributed by atoms with E-state index in [0.29, 0.717) is 5.75 Å². The monoisotopic (exact) mass is 246 g/mol. The van der Waals surface area contributed by atoms with Crippen LogP contribution in [-0.4, -0.2) is 35.8 Å². The summed E-state index contributed by atoms with van der Waals surface area (Å²) in [5, 5.41) is 3.67. The van der Waals surface area contributed by atoms with E-state index in [2.05, 4.69) is 5.10 Å². The van der Waals surface area contributed by atoms with Gasteiger partial charge >= 0.3 is 0 Å². The van der Waals surface area contributed by atoms with Crippen LogP contribution < -0.4 is 4.74 Å². The van der Waals surface area contributed by atoms with Gasteiger partial charge in [-0.15, -0.1) is 0 Å². The third-order valence-corrected chi connectivity index (χ3v) is 4.46. The van der Waals surface area contributed by atoms with E-state index in [4.69, 9.17) is 4.74 Å². The number of hydrogen-bond donors (Lipinski definition) is 0. The van der Waals surface area contributed by atoms with Crippen LogP contribution in [0.15, 0.2) is 12.4 Å². The van der Waals surface area contributed by atoms with Crippen molar-refractivity contribution in [2.75, 3.05) is 12.4 Å². The molecule has 0 bridgehead atoms. The molecule has 0 amide bonds. The fraction of sp³-hybridized carbons (Fsp3) is 0.700. The Morgan fingerprint density at radius 3 is 2.69 bits per heavy atom. The topological polar surface area (TPSA) is 61.2 Å². The maximum atomic E-state index is 11.5. The summed E-state index contributed by atoms with van der Waals surface area (Å²) < 4.78 is 30.0. The first kappa shape index (κ1) is 13.0. The first-order chi connectivity index (χ1) is 7.45. The molecule has 0 saturated carbocycles. The highest BCUT2D eigenvalue weighted by Gasteiger charge is 2.15. The summed E-state index contributed by atoms with van der Waals surface area (Å²) in [5.74, 6) is 0.655. The molecule has 1 aromatic heterocycles. The molecule has 1 rings (SSSR count). The van der Waals surface area contributed by atoms with Gasteiger partial charge in [0.2, 0.25) is 0 Å². The van der Waals surface area contributed by atoms with Crippen molar-refractivity contribution >= 4 is 9.84 Å². The van der Waals surface area contributed by atoms with Crippen LogP contribution in [0.5, 0.6) is 5.75 Å². The van der Waals surface area contributed by atoms with E-state index in [1.54, 1.807) is 30.9 Å². The third kappa shape index (κ3) is 3.52. The molecule has 0 N–H and O–H groups in total.